The van der Waals surface area contributed by atoms with Crippen molar-refractivity contribution in [3.63, 3.8) is 0 Å². The summed E-state index contributed by atoms with van der Waals surface area (Å²) in [6, 6.07) is 22.2. The fourth-order valence-corrected chi connectivity index (χ4v) is 3.98. The monoisotopic (exact) mass is 373 g/mol. The number of fused-ring (bicyclic) bond motifs is 1. The molecule has 0 radical (unpaired) electrons. The number of rotatable bonds is 5. The van der Waals surface area contributed by atoms with E-state index in [4.69, 9.17) is 14.5 Å². The van der Waals surface area contributed by atoms with E-state index in [1.54, 1.807) is 7.11 Å². The van der Waals surface area contributed by atoms with Crippen LogP contribution in [0.2, 0.25) is 0 Å². The highest BCUT2D eigenvalue weighted by Gasteiger charge is 2.40. The Balaban J connectivity index is 1.76. The van der Waals surface area contributed by atoms with Crippen LogP contribution in [-0.2, 0) is 9.53 Å². The lowest BCUT2D eigenvalue weighted by atomic mass is 9.81. The van der Waals surface area contributed by atoms with Gasteiger partial charge in [0.1, 0.15) is 11.7 Å². The van der Waals surface area contributed by atoms with Gasteiger partial charge in [-0.2, -0.15) is 0 Å². The number of nitrogens with zero attached hydrogens (tertiary/aromatic N) is 1. The van der Waals surface area contributed by atoms with E-state index in [0.717, 1.165) is 28.0 Å². The maximum Gasteiger partial charge on any atom is 0.315 e. The van der Waals surface area contributed by atoms with Gasteiger partial charge in [0.2, 0.25) is 0 Å². The summed E-state index contributed by atoms with van der Waals surface area (Å²) in [5.41, 5.74) is 2.86. The molecule has 1 aliphatic rings. The maximum absolute atomic E-state index is 12.9. The van der Waals surface area contributed by atoms with Gasteiger partial charge < -0.3 is 9.47 Å². The summed E-state index contributed by atoms with van der Waals surface area (Å²) in [5.74, 6) is 0.106. The summed E-state index contributed by atoms with van der Waals surface area (Å²) in [7, 11) is 1.64. The summed E-state index contributed by atoms with van der Waals surface area (Å²) >= 11 is 0. The molecule has 4 nitrogen and oxygen atoms in total. The van der Waals surface area contributed by atoms with Crippen LogP contribution in [0.25, 0.3) is 10.8 Å². The van der Waals surface area contributed by atoms with E-state index in [0.29, 0.717) is 13.2 Å². The second kappa shape index (κ2) is 7.85. The van der Waals surface area contributed by atoms with Gasteiger partial charge in [-0.25, -0.2) is 0 Å². The largest absolute Gasteiger partial charge is 0.497 e. The third kappa shape index (κ3) is 3.26. The van der Waals surface area contributed by atoms with Gasteiger partial charge in [0.15, 0.2) is 0 Å². The molecule has 3 aromatic rings. The molecule has 0 spiro atoms. The van der Waals surface area contributed by atoms with Crippen molar-refractivity contribution in [2.75, 3.05) is 20.3 Å². The summed E-state index contributed by atoms with van der Waals surface area (Å²) in [6.07, 6.45) is 0. The molecule has 4 heteroatoms. The minimum atomic E-state index is -0.417. The van der Waals surface area contributed by atoms with Crippen LogP contribution >= 0.6 is 0 Å². The quantitative estimate of drug-likeness (QED) is 0.614. The van der Waals surface area contributed by atoms with E-state index in [2.05, 4.69) is 24.3 Å². The van der Waals surface area contributed by atoms with Gasteiger partial charge in [-0.15, -0.1) is 0 Å². The van der Waals surface area contributed by atoms with Crippen molar-refractivity contribution in [1.82, 2.24) is 0 Å². The van der Waals surface area contributed by atoms with E-state index in [1.807, 2.05) is 49.4 Å². The molecule has 2 unspecified atom stereocenters. The molecule has 1 aliphatic heterocycles. The van der Waals surface area contributed by atoms with Gasteiger partial charge in [0, 0.05) is 12.5 Å². The molecule has 1 heterocycles. The zero-order chi connectivity index (χ0) is 19.5. The van der Waals surface area contributed by atoms with E-state index in [1.165, 1.54) is 5.39 Å². The number of methoxy groups -OCH3 is 1. The molecule has 0 saturated heterocycles. The Kier molecular flexibility index (Phi) is 5.11. The highest BCUT2D eigenvalue weighted by molar-refractivity contribution is 6.14. The second-order valence-electron chi connectivity index (χ2n) is 6.86. The minimum Gasteiger partial charge on any atom is -0.497 e. The molecule has 0 amide bonds. The Bertz CT molecular complexity index is 1020. The molecule has 0 bridgehead atoms. The molecule has 142 valence electrons. The molecule has 4 rings (SSSR count). The highest BCUT2D eigenvalue weighted by atomic mass is 16.5. The minimum absolute atomic E-state index is 0.0396. The van der Waals surface area contributed by atoms with Crippen LogP contribution in [0.4, 0.5) is 0 Å². The molecule has 0 aromatic heterocycles. The molecule has 3 aromatic carbocycles. The third-order valence-electron chi connectivity index (χ3n) is 5.30. The maximum atomic E-state index is 12.9. The van der Waals surface area contributed by atoms with Crippen LogP contribution in [-0.4, -0.2) is 31.9 Å². The molecule has 0 aliphatic carbocycles. The Hall–Kier alpha value is -3.14. The molecular weight excluding hydrogens is 350 g/mol. The highest BCUT2D eigenvalue weighted by Crippen LogP contribution is 2.38. The molecule has 2 atom stereocenters. The standard InChI is InChI=1S/C24H23NO3/c1-3-28-24(26)22-21(20-10-6-8-16-7-4-5-9-19(16)20)15-25-23(22)17-11-13-18(27-2)14-12-17/h4-14,21-22H,3,15H2,1-2H3. The van der Waals surface area contributed by atoms with E-state index in [9.17, 15) is 4.79 Å². The van der Waals surface area contributed by atoms with Crippen LogP contribution in [0.1, 0.15) is 24.0 Å². The Morgan fingerprint density at radius 3 is 2.54 bits per heavy atom. The topological polar surface area (TPSA) is 47.9 Å². The molecule has 0 fully saturated rings. The summed E-state index contributed by atoms with van der Waals surface area (Å²) < 4.78 is 10.7. The SMILES string of the molecule is CCOC(=O)C1C(c2ccc(OC)cc2)=NCC1c1cccc2ccccc12. The first-order chi connectivity index (χ1) is 13.7. The van der Waals surface area contributed by atoms with Crippen molar-refractivity contribution in [2.24, 2.45) is 10.9 Å². The average Bonchev–Trinajstić information content (AvgIpc) is 3.18. The van der Waals surface area contributed by atoms with Crippen molar-refractivity contribution in [3.8, 4) is 5.75 Å². The lowest BCUT2D eigenvalue weighted by Gasteiger charge is -2.21. The number of carbonyl (C=O) groups is 1. The molecule has 0 saturated carbocycles. The van der Waals surface area contributed by atoms with Crippen LogP contribution in [0.15, 0.2) is 71.7 Å². The van der Waals surface area contributed by atoms with Crippen LogP contribution in [0.3, 0.4) is 0 Å². The number of benzene rings is 3. The average molecular weight is 373 g/mol. The van der Waals surface area contributed by atoms with Crippen molar-refractivity contribution in [3.05, 3.63) is 77.9 Å². The van der Waals surface area contributed by atoms with Crippen LogP contribution in [0.5, 0.6) is 5.75 Å². The lowest BCUT2D eigenvalue weighted by Crippen LogP contribution is -2.29. The first kappa shape index (κ1) is 18.2. The van der Waals surface area contributed by atoms with E-state index >= 15 is 0 Å². The number of ether oxygens (including phenoxy) is 2. The zero-order valence-electron chi connectivity index (χ0n) is 16.1. The number of hydrogen-bond donors (Lipinski definition) is 0. The van der Waals surface area contributed by atoms with Crippen molar-refractivity contribution >= 4 is 22.5 Å². The molecule has 0 N–H and O–H groups in total. The normalized spacial score (nSPS) is 18.7. The predicted molar refractivity (Wildman–Crippen MR) is 111 cm³/mol. The second-order valence-corrected chi connectivity index (χ2v) is 6.86. The predicted octanol–water partition coefficient (Wildman–Crippen LogP) is 4.61. The Labute approximate surface area is 164 Å². The Morgan fingerprint density at radius 1 is 1.04 bits per heavy atom. The van der Waals surface area contributed by atoms with Gasteiger partial charge in [-0.3, -0.25) is 9.79 Å². The summed E-state index contributed by atoms with van der Waals surface area (Å²) in [6.45, 7) is 2.76. The van der Waals surface area contributed by atoms with Crippen molar-refractivity contribution in [2.45, 2.75) is 12.8 Å². The Morgan fingerprint density at radius 2 is 1.79 bits per heavy atom. The van der Waals surface area contributed by atoms with Crippen molar-refractivity contribution in [1.29, 1.82) is 0 Å². The van der Waals surface area contributed by atoms with E-state index < -0.39 is 5.92 Å². The molecular formula is C24H23NO3. The number of aliphatic imine (C=N–C) groups is 1. The zero-order valence-corrected chi connectivity index (χ0v) is 16.1. The summed E-state index contributed by atoms with van der Waals surface area (Å²) in [5, 5.41) is 2.33. The lowest BCUT2D eigenvalue weighted by molar-refractivity contribution is -0.145. The van der Waals surface area contributed by atoms with E-state index in [-0.39, 0.29) is 11.9 Å². The fraction of sp³-hybridized carbons (Fsp3) is 0.250. The fourth-order valence-electron chi connectivity index (χ4n) is 3.98. The van der Waals surface area contributed by atoms with Gasteiger partial charge in [0.25, 0.3) is 0 Å². The number of hydrogen-bond acceptors (Lipinski definition) is 4. The van der Waals surface area contributed by atoms with Gasteiger partial charge in [0.05, 0.1) is 19.4 Å². The van der Waals surface area contributed by atoms with Crippen LogP contribution < -0.4 is 4.74 Å². The third-order valence-corrected chi connectivity index (χ3v) is 5.30. The first-order valence-corrected chi connectivity index (χ1v) is 9.56. The van der Waals surface area contributed by atoms with Gasteiger partial charge in [-0.05, 0) is 53.1 Å². The smallest absolute Gasteiger partial charge is 0.315 e. The van der Waals surface area contributed by atoms with Gasteiger partial charge >= 0.3 is 5.97 Å². The first-order valence-electron chi connectivity index (χ1n) is 9.56. The van der Waals surface area contributed by atoms with Gasteiger partial charge in [-0.1, -0.05) is 42.5 Å². The van der Waals surface area contributed by atoms with Crippen LogP contribution in [0, 0.1) is 5.92 Å². The molecule has 28 heavy (non-hydrogen) atoms. The number of carbonyl (C=O) groups excluding carboxylic acids is 1. The number of esters is 1. The van der Waals surface area contributed by atoms with Crippen molar-refractivity contribution < 1.29 is 14.3 Å². The summed E-state index contributed by atoms with van der Waals surface area (Å²) in [4.78, 5) is 17.7.